The highest BCUT2D eigenvalue weighted by Crippen LogP contribution is 2.18. The molecule has 0 radical (unpaired) electrons. The summed E-state index contributed by atoms with van der Waals surface area (Å²) >= 11 is 0. The fraction of sp³-hybridized carbons (Fsp3) is 0.444. The van der Waals surface area contributed by atoms with Crippen molar-refractivity contribution in [3.8, 4) is 0 Å². The van der Waals surface area contributed by atoms with E-state index in [1.807, 2.05) is 33.8 Å². The fourth-order valence-electron chi connectivity index (χ4n) is 2.89. The third-order valence-electron chi connectivity index (χ3n) is 4.09. The number of aromatic nitrogens is 1. The minimum Gasteiger partial charge on any atom is -0.343 e. The number of carbonyl (C=O) groups is 1. The highest BCUT2D eigenvalue weighted by atomic mass is 16.2. The van der Waals surface area contributed by atoms with Gasteiger partial charge in [-0.05, 0) is 57.2 Å². The molecule has 2 aromatic rings. The maximum Gasteiger partial charge on any atom is 0.251 e. The number of hydrogen-bond acceptors (Lipinski definition) is 2. The van der Waals surface area contributed by atoms with Gasteiger partial charge in [0.05, 0.1) is 5.52 Å². The summed E-state index contributed by atoms with van der Waals surface area (Å²) in [4.78, 5) is 29.0. The van der Waals surface area contributed by atoms with Crippen LogP contribution in [0.2, 0.25) is 0 Å². The number of H-pyrrole nitrogens is 1. The summed E-state index contributed by atoms with van der Waals surface area (Å²) in [6.07, 6.45) is 0.856. The van der Waals surface area contributed by atoms with E-state index in [1.165, 1.54) is 5.56 Å². The van der Waals surface area contributed by atoms with E-state index >= 15 is 0 Å². The first-order valence-corrected chi connectivity index (χ1v) is 7.87. The van der Waals surface area contributed by atoms with Gasteiger partial charge in [-0.15, -0.1) is 0 Å². The predicted octanol–water partition coefficient (Wildman–Crippen LogP) is 2.95. The van der Waals surface area contributed by atoms with E-state index in [2.05, 4.69) is 17.1 Å². The Morgan fingerprint density at radius 2 is 1.82 bits per heavy atom. The van der Waals surface area contributed by atoms with Crippen molar-refractivity contribution >= 4 is 16.8 Å². The van der Waals surface area contributed by atoms with Gasteiger partial charge < -0.3 is 9.88 Å². The first kappa shape index (κ1) is 16.3. The van der Waals surface area contributed by atoms with E-state index < -0.39 is 0 Å². The minimum atomic E-state index is -0.0909. The second-order valence-electron chi connectivity index (χ2n) is 5.74. The Morgan fingerprint density at radius 1 is 1.14 bits per heavy atom. The number of pyridine rings is 1. The lowest BCUT2D eigenvalue weighted by Crippen LogP contribution is -2.31. The van der Waals surface area contributed by atoms with Crippen molar-refractivity contribution in [2.75, 3.05) is 13.1 Å². The Balaban J connectivity index is 2.27. The molecule has 0 aliphatic carbocycles. The van der Waals surface area contributed by atoms with Crippen molar-refractivity contribution in [1.29, 1.82) is 0 Å². The summed E-state index contributed by atoms with van der Waals surface area (Å²) in [6.45, 7) is 9.39. The summed E-state index contributed by atoms with van der Waals surface area (Å²) in [5, 5.41) is 1.03. The second-order valence-corrected chi connectivity index (χ2v) is 5.74. The lowest BCUT2D eigenvalue weighted by atomic mass is 10.0. The maximum absolute atomic E-state index is 12.2. The van der Waals surface area contributed by atoms with E-state index in [4.69, 9.17) is 0 Å². The summed E-state index contributed by atoms with van der Waals surface area (Å²) in [6, 6.07) is 6.04. The van der Waals surface area contributed by atoms with E-state index in [0.717, 1.165) is 16.5 Å². The maximum atomic E-state index is 12.2. The van der Waals surface area contributed by atoms with Gasteiger partial charge in [0.2, 0.25) is 5.91 Å². The van der Waals surface area contributed by atoms with Gasteiger partial charge in [0.15, 0.2) is 0 Å². The molecule has 0 saturated heterocycles. The number of rotatable bonds is 5. The largest absolute Gasteiger partial charge is 0.343 e. The molecule has 0 saturated carbocycles. The average molecular weight is 300 g/mol. The van der Waals surface area contributed by atoms with Crippen LogP contribution in [0.4, 0.5) is 0 Å². The van der Waals surface area contributed by atoms with Gasteiger partial charge in [-0.2, -0.15) is 0 Å². The molecule has 0 bridgehead atoms. The van der Waals surface area contributed by atoms with Gasteiger partial charge in [0.1, 0.15) is 0 Å². The van der Waals surface area contributed by atoms with Crippen molar-refractivity contribution in [2.45, 2.75) is 40.5 Å². The highest BCUT2D eigenvalue weighted by Gasteiger charge is 2.12. The van der Waals surface area contributed by atoms with Crippen LogP contribution >= 0.6 is 0 Å². The summed E-state index contributed by atoms with van der Waals surface area (Å²) < 4.78 is 0. The lowest BCUT2D eigenvalue weighted by Gasteiger charge is -2.18. The van der Waals surface area contributed by atoms with Crippen LogP contribution in [0.25, 0.3) is 10.9 Å². The quantitative estimate of drug-likeness (QED) is 0.923. The molecule has 1 N–H and O–H groups in total. The molecule has 1 aromatic carbocycles. The Labute approximate surface area is 131 Å². The molecule has 0 fully saturated rings. The topological polar surface area (TPSA) is 53.2 Å². The normalized spacial score (nSPS) is 10.9. The van der Waals surface area contributed by atoms with Gasteiger partial charge in [0, 0.05) is 25.1 Å². The molecule has 22 heavy (non-hydrogen) atoms. The molecule has 1 heterocycles. The van der Waals surface area contributed by atoms with Crippen LogP contribution in [0, 0.1) is 13.8 Å². The monoisotopic (exact) mass is 300 g/mol. The van der Waals surface area contributed by atoms with Gasteiger partial charge >= 0.3 is 0 Å². The van der Waals surface area contributed by atoms with Crippen LogP contribution in [-0.2, 0) is 11.2 Å². The molecule has 1 aromatic heterocycles. The number of carbonyl (C=O) groups excluding carboxylic acids is 1. The number of fused-ring (bicyclic) bond motifs is 1. The molecular formula is C18H24N2O2. The zero-order valence-corrected chi connectivity index (χ0v) is 13.8. The molecular weight excluding hydrogens is 276 g/mol. The van der Waals surface area contributed by atoms with Crippen LogP contribution < -0.4 is 5.56 Å². The number of hydrogen-bond donors (Lipinski definition) is 1. The molecule has 0 aliphatic rings. The smallest absolute Gasteiger partial charge is 0.251 e. The predicted molar refractivity (Wildman–Crippen MR) is 90.3 cm³/mol. The molecule has 1 amide bonds. The number of amides is 1. The van der Waals surface area contributed by atoms with Crippen molar-refractivity contribution < 1.29 is 4.79 Å². The van der Waals surface area contributed by atoms with Crippen molar-refractivity contribution in [3.63, 3.8) is 0 Å². The first-order chi connectivity index (χ1) is 10.5. The fourth-order valence-corrected chi connectivity index (χ4v) is 2.89. The number of nitrogens with one attached hydrogen (secondary N) is 1. The summed E-state index contributed by atoms with van der Waals surface area (Å²) in [5.41, 5.74) is 3.71. The Hall–Kier alpha value is -2.10. The van der Waals surface area contributed by atoms with Gasteiger partial charge in [-0.25, -0.2) is 0 Å². The number of nitrogens with zero attached hydrogens (tertiary/aromatic N) is 1. The highest BCUT2D eigenvalue weighted by molar-refractivity contribution is 5.83. The molecule has 0 atom stereocenters. The lowest BCUT2D eigenvalue weighted by molar-refractivity contribution is -0.130. The SMILES string of the molecule is CCN(CC)C(=O)CCc1cc2cc(C)cc(C)c2[nH]c1=O. The van der Waals surface area contributed by atoms with Crippen LogP contribution in [0.3, 0.4) is 0 Å². The second kappa shape index (κ2) is 6.77. The Morgan fingerprint density at radius 3 is 2.45 bits per heavy atom. The molecule has 4 heteroatoms. The van der Waals surface area contributed by atoms with Crippen molar-refractivity contribution in [3.05, 3.63) is 45.2 Å². The van der Waals surface area contributed by atoms with E-state index in [-0.39, 0.29) is 11.5 Å². The zero-order valence-electron chi connectivity index (χ0n) is 13.8. The van der Waals surface area contributed by atoms with Gasteiger partial charge in [-0.3, -0.25) is 9.59 Å². The molecule has 0 spiro atoms. The zero-order chi connectivity index (χ0) is 16.3. The Bertz CT molecular complexity index is 743. The number of aryl methyl sites for hydroxylation is 3. The average Bonchev–Trinajstić information content (AvgIpc) is 2.47. The third kappa shape index (κ3) is 3.38. The number of aromatic amines is 1. The number of benzene rings is 1. The van der Waals surface area contributed by atoms with E-state index in [1.54, 1.807) is 4.90 Å². The van der Waals surface area contributed by atoms with Crippen LogP contribution in [0.15, 0.2) is 23.0 Å². The van der Waals surface area contributed by atoms with E-state index in [9.17, 15) is 9.59 Å². The molecule has 118 valence electrons. The standard InChI is InChI=1S/C18H24N2O2/c1-5-20(6-2)16(21)8-7-14-11-15-10-12(3)9-13(4)17(15)19-18(14)22/h9-11H,5-8H2,1-4H3,(H,19,22). The molecule has 2 rings (SSSR count). The van der Waals surface area contributed by atoms with Gasteiger partial charge in [0.25, 0.3) is 5.56 Å². The molecule has 0 unspecified atom stereocenters. The summed E-state index contributed by atoms with van der Waals surface area (Å²) in [5.74, 6) is 0.102. The van der Waals surface area contributed by atoms with Crippen molar-refractivity contribution in [2.24, 2.45) is 0 Å². The minimum absolute atomic E-state index is 0.0909. The molecule has 4 nitrogen and oxygen atoms in total. The van der Waals surface area contributed by atoms with Crippen LogP contribution in [-0.4, -0.2) is 28.9 Å². The van der Waals surface area contributed by atoms with Gasteiger partial charge in [-0.1, -0.05) is 11.6 Å². The first-order valence-electron chi connectivity index (χ1n) is 7.87. The summed E-state index contributed by atoms with van der Waals surface area (Å²) in [7, 11) is 0. The third-order valence-corrected chi connectivity index (χ3v) is 4.09. The van der Waals surface area contributed by atoms with Crippen LogP contribution in [0.1, 0.15) is 37.0 Å². The Kier molecular flexibility index (Phi) is 5.01. The van der Waals surface area contributed by atoms with E-state index in [0.29, 0.717) is 31.5 Å². The van der Waals surface area contributed by atoms with Crippen molar-refractivity contribution in [1.82, 2.24) is 9.88 Å². The molecule has 0 aliphatic heterocycles. The van der Waals surface area contributed by atoms with Crippen LogP contribution in [0.5, 0.6) is 0 Å².